The van der Waals surface area contributed by atoms with Crippen LogP contribution in [0.25, 0.3) is 11.4 Å². The van der Waals surface area contributed by atoms with E-state index in [1.54, 1.807) is 0 Å². The summed E-state index contributed by atoms with van der Waals surface area (Å²) >= 11 is 1.45. The van der Waals surface area contributed by atoms with E-state index in [1.165, 1.54) is 11.3 Å². The number of fused-ring (bicyclic) bond motifs is 1. The maximum absolute atomic E-state index is 12.7. The van der Waals surface area contributed by atoms with Crippen LogP contribution in [0.5, 0.6) is 11.5 Å². The molecule has 1 aliphatic rings. The molecule has 3 heterocycles. The molecular weight excluding hydrogens is 378 g/mol. The molecule has 8 heteroatoms. The molecule has 0 saturated carbocycles. The standard InChI is InChI=1S/C20H21N3O4S/c1-13(2)11-23(20(24)17-4-3-9-28-17)8-7-18-21-19(22-27-18)14-5-6-15-16(10-14)26-12-25-15/h3-6,9-10,13H,7-8,11-12H2,1-2H3. The Bertz CT molecular complexity index is 952. The molecular formula is C20H21N3O4S. The number of aromatic nitrogens is 2. The largest absolute Gasteiger partial charge is 0.454 e. The van der Waals surface area contributed by atoms with Crippen molar-refractivity contribution in [2.45, 2.75) is 20.3 Å². The molecule has 0 spiro atoms. The molecule has 0 radical (unpaired) electrons. The average molecular weight is 399 g/mol. The minimum absolute atomic E-state index is 0.0409. The molecule has 0 unspecified atom stereocenters. The summed E-state index contributed by atoms with van der Waals surface area (Å²) in [6.45, 7) is 5.62. The zero-order valence-electron chi connectivity index (χ0n) is 15.8. The van der Waals surface area contributed by atoms with E-state index >= 15 is 0 Å². The van der Waals surface area contributed by atoms with E-state index in [0.29, 0.717) is 48.6 Å². The fourth-order valence-corrected chi connectivity index (χ4v) is 3.70. The second kappa shape index (κ2) is 8.02. The molecule has 0 fully saturated rings. The van der Waals surface area contributed by atoms with Crippen molar-refractivity contribution < 1.29 is 18.8 Å². The molecule has 28 heavy (non-hydrogen) atoms. The van der Waals surface area contributed by atoms with E-state index < -0.39 is 0 Å². The number of carbonyl (C=O) groups excluding carboxylic acids is 1. The summed E-state index contributed by atoms with van der Waals surface area (Å²) in [6, 6.07) is 9.28. The van der Waals surface area contributed by atoms with Crippen LogP contribution in [-0.2, 0) is 6.42 Å². The van der Waals surface area contributed by atoms with Crippen LogP contribution in [0.1, 0.15) is 29.4 Å². The van der Waals surface area contributed by atoms with Crippen LogP contribution in [0.4, 0.5) is 0 Å². The zero-order chi connectivity index (χ0) is 19.5. The Morgan fingerprint density at radius 2 is 2.11 bits per heavy atom. The number of hydrogen-bond donors (Lipinski definition) is 0. The van der Waals surface area contributed by atoms with Gasteiger partial charge in [-0.25, -0.2) is 0 Å². The molecule has 0 aliphatic carbocycles. The second-order valence-corrected chi connectivity index (χ2v) is 7.90. The van der Waals surface area contributed by atoms with E-state index in [0.717, 1.165) is 10.4 Å². The van der Waals surface area contributed by atoms with Crippen LogP contribution in [-0.4, -0.2) is 40.8 Å². The van der Waals surface area contributed by atoms with Crippen molar-refractivity contribution in [1.29, 1.82) is 0 Å². The SMILES string of the molecule is CC(C)CN(CCc1nc(-c2ccc3c(c2)OCO3)no1)C(=O)c1cccs1. The molecule has 146 valence electrons. The highest BCUT2D eigenvalue weighted by Gasteiger charge is 2.20. The Kier molecular flexibility index (Phi) is 5.29. The van der Waals surface area contributed by atoms with Crippen molar-refractivity contribution in [2.24, 2.45) is 5.92 Å². The number of nitrogens with zero attached hydrogens (tertiary/aromatic N) is 3. The molecule has 4 rings (SSSR count). The first-order chi connectivity index (χ1) is 13.6. The predicted octanol–water partition coefficient (Wildman–Crippen LogP) is 3.87. The lowest BCUT2D eigenvalue weighted by Crippen LogP contribution is -2.35. The zero-order valence-corrected chi connectivity index (χ0v) is 16.6. The third-order valence-corrected chi connectivity index (χ3v) is 5.16. The van der Waals surface area contributed by atoms with Crippen molar-refractivity contribution in [2.75, 3.05) is 19.9 Å². The highest BCUT2D eigenvalue weighted by molar-refractivity contribution is 7.12. The van der Waals surface area contributed by atoms with Gasteiger partial charge in [-0.05, 0) is 35.6 Å². The first-order valence-electron chi connectivity index (χ1n) is 9.15. The van der Waals surface area contributed by atoms with Crippen molar-refractivity contribution in [3.63, 3.8) is 0 Å². The Hall–Kier alpha value is -2.87. The van der Waals surface area contributed by atoms with Gasteiger partial charge in [0.05, 0.1) is 4.88 Å². The summed E-state index contributed by atoms with van der Waals surface area (Å²) < 4.78 is 16.1. The minimum atomic E-state index is 0.0409. The average Bonchev–Trinajstić information content (AvgIpc) is 3.45. The summed E-state index contributed by atoms with van der Waals surface area (Å²) in [6.07, 6.45) is 0.501. The lowest BCUT2D eigenvalue weighted by Gasteiger charge is -2.23. The molecule has 1 aliphatic heterocycles. The maximum Gasteiger partial charge on any atom is 0.263 e. The van der Waals surface area contributed by atoms with E-state index in [-0.39, 0.29) is 12.7 Å². The van der Waals surface area contributed by atoms with E-state index in [9.17, 15) is 4.79 Å². The van der Waals surface area contributed by atoms with Crippen LogP contribution < -0.4 is 9.47 Å². The van der Waals surface area contributed by atoms with Crippen molar-refractivity contribution in [1.82, 2.24) is 15.0 Å². The van der Waals surface area contributed by atoms with Gasteiger partial charge in [0.1, 0.15) is 0 Å². The first-order valence-corrected chi connectivity index (χ1v) is 10.0. The number of amides is 1. The van der Waals surface area contributed by atoms with Gasteiger partial charge in [0.2, 0.25) is 18.5 Å². The number of carbonyl (C=O) groups is 1. The molecule has 0 bridgehead atoms. The van der Waals surface area contributed by atoms with Gasteiger partial charge in [-0.15, -0.1) is 11.3 Å². The van der Waals surface area contributed by atoms with E-state index in [2.05, 4.69) is 24.0 Å². The highest BCUT2D eigenvalue weighted by atomic mass is 32.1. The van der Waals surface area contributed by atoms with E-state index in [4.69, 9.17) is 14.0 Å². The lowest BCUT2D eigenvalue weighted by molar-refractivity contribution is 0.0739. The molecule has 1 aromatic carbocycles. The molecule has 0 saturated heterocycles. The summed E-state index contributed by atoms with van der Waals surface area (Å²) in [4.78, 5) is 19.8. The van der Waals surface area contributed by atoms with Crippen LogP contribution >= 0.6 is 11.3 Å². The van der Waals surface area contributed by atoms with Crippen LogP contribution in [0, 0.1) is 5.92 Å². The van der Waals surface area contributed by atoms with Crippen molar-refractivity contribution in [3.05, 3.63) is 46.5 Å². The lowest BCUT2D eigenvalue weighted by atomic mass is 10.2. The molecule has 3 aromatic rings. The highest BCUT2D eigenvalue weighted by Crippen LogP contribution is 2.35. The maximum atomic E-state index is 12.7. The monoisotopic (exact) mass is 399 g/mol. The normalized spacial score (nSPS) is 12.5. The number of rotatable bonds is 7. The second-order valence-electron chi connectivity index (χ2n) is 6.95. The van der Waals surface area contributed by atoms with Gasteiger partial charge >= 0.3 is 0 Å². The van der Waals surface area contributed by atoms with Gasteiger partial charge in [-0.1, -0.05) is 25.1 Å². The first kappa shape index (κ1) is 18.5. The Balaban J connectivity index is 1.44. The Morgan fingerprint density at radius 3 is 2.89 bits per heavy atom. The number of benzene rings is 1. The smallest absolute Gasteiger partial charge is 0.263 e. The molecule has 7 nitrogen and oxygen atoms in total. The van der Waals surface area contributed by atoms with Gasteiger partial charge < -0.3 is 18.9 Å². The molecule has 0 N–H and O–H groups in total. The number of hydrogen-bond acceptors (Lipinski definition) is 7. The molecule has 1 amide bonds. The topological polar surface area (TPSA) is 77.7 Å². The van der Waals surface area contributed by atoms with Gasteiger partial charge in [-0.2, -0.15) is 4.98 Å². The fourth-order valence-electron chi connectivity index (χ4n) is 3.01. The fraction of sp³-hybridized carbons (Fsp3) is 0.350. The summed E-state index contributed by atoms with van der Waals surface area (Å²) in [7, 11) is 0. The van der Waals surface area contributed by atoms with Gasteiger partial charge in [0.15, 0.2) is 11.5 Å². The van der Waals surface area contributed by atoms with Crippen LogP contribution in [0.3, 0.4) is 0 Å². The van der Waals surface area contributed by atoms with Crippen LogP contribution in [0.15, 0.2) is 40.2 Å². The van der Waals surface area contributed by atoms with Gasteiger partial charge in [-0.3, -0.25) is 4.79 Å². The summed E-state index contributed by atoms with van der Waals surface area (Å²) in [5, 5.41) is 5.97. The predicted molar refractivity (Wildman–Crippen MR) is 105 cm³/mol. The third-order valence-electron chi connectivity index (χ3n) is 4.30. The minimum Gasteiger partial charge on any atom is -0.454 e. The van der Waals surface area contributed by atoms with Gasteiger partial charge in [0, 0.05) is 25.1 Å². The molecule has 0 atom stereocenters. The Labute approximate surface area is 166 Å². The van der Waals surface area contributed by atoms with Crippen molar-refractivity contribution in [3.8, 4) is 22.9 Å². The van der Waals surface area contributed by atoms with Crippen molar-refractivity contribution >= 4 is 17.2 Å². The van der Waals surface area contributed by atoms with Gasteiger partial charge in [0.25, 0.3) is 5.91 Å². The summed E-state index contributed by atoms with van der Waals surface area (Å²) in [5.74, 6) is 2.79. The summed E-state index contributed by atoms with van der Waals surface area (Å²) in [5.41, 5.74) is 0.799. The number of thiophene rings is 1. The van der Waals surface area contributed by atoms with E-state index in [1.807, 2.05) is 40.6 Å². The van der Waals surface area contributed by atoms with Crippen LogP contribution in [0.2, 0.25) is 0 Å². The quantitative estimate of drug-likeness (QED) is 0.600. The molecule has 2 aromatic heterocycles. The number of ether oxygens (including phenoxy) is 2. The Morgan fingerprint density at radius 1 is 1.25 bits per heavy atom. The third kappa shape index (κ3) is 4.01.